The van der Waals surface area contributed by atoms with Gasteiger partial charge in [0.2, 0.25) is 5.91 Å². The van der Waals surface area contributed by atoms with Gasteiger partial charge in [-0.3, -0.25) is 9.79 Å². The number of carbonyl (C=O) groups is 1. The lowest BCUT2D eigenvalue weighted by atomic mass is 10.2. The molecule has 1 aliphatic rings. The van der Waals surface area contributed by atoms with Crippen molar-refractivity contribution in [2.24, 2.45) is 4.99 Å². The average Bonchev–Trinajstić information content (AvgIpc) is 3.16. The molecule has 7 nitrogen and oxygen atoms in total. The fraction of sp³-hybridized carbons (Fsp3) is 0.450. The van der Waals surface area contributed by atoms with Crippen LogP contribution in [0.3, 0.4) is 0 Å². The summed E-state index contributed by atoms with van der Waals surface area (Å²) in [6.07, 6.45) is 2.73. The number of nitrogens with one attached hydrogen (secondary N) is 2. The predicted octanol–water partition coefficient (Wildman–Crippen LogP) is 1.51. The third-order valence-electron chi connectivity index (χ3n) is 4.68. The van der Waals surface area contributed by atoms with Crippen molar-refractivity contribution in [2.75, 3.05) is 51.2 Å². The Hall–Kier alpha value is -2.61. The first-order chi connectivity index (χ1) is 13.7. The van der Waals surface area contributed by atoms with E-state index >= 15 is 0 Å². The molecule has 1 aliphatic heterocycles. The van der Waals surface area contributed by atoms with E-state index in [4.69, 9.17) is 0 Å². The average molecular weight is 401 g/mol. The number of aromatic nitrogens is 1. The van der Waals surface area contributed by atoms with Crippen LogP contribution in [0.1, 0.15) is 9.88 Å². The molecule has 0 atom stereocenters. The summed E-state index contributed by atoms with van der Waals surface area (Å²) in [5, 5.41) is 7.46. The number of hydrogen-bond acceptors (Lipinski definition) is 5. The van der Waals surface area contributed by atoms with Gasteiger partial charge in [0, 0.05) is 63.0 Å². The Morgan fingerprint density at radius 2 is 1.93 bits per heavy atom. The highest BCUT2D eigenvalue weighted by atomic mass is 32.1. The molecule has 2 N–H and O–H groups in total. The van der Waals surface area contributed by atoms with Crippen LogP contribution in [0.4, 0.5) is 5.69 Å². The van der Waals surface area contributed by atoms with E-state index in [2.05, 4.69) is 44.6 Å². The molecule has 8 heteroatoms. The molecule has 150 valence electrons. The highest BCUT2D eigenvalue weighted by Crippen LogP contribution is 2.15. The summed E-state index contributed by atoms with van der Waals surface area (Å²) in [5.74, 6) is 0.746. The van der Waals surface area contributed by atoms with Gasteiger partial charge < -0.3 is 20.4 Å². The van der Waals surface area contributed by atoms with Crippen LogP contribution in [0.5, 0.6) is 0 Å². The van der Waals surface area contributed by atoms with E-state index in [1.165, 1.54) is 10.6 Å². The van der Waals surface area contributed by atoms with E-state index in [0.29, 0.717) is 5.96 Å². The van der Waals surface area contributed by atoms with Crippen molar-refractivity contribution in [1.29, 1.82) is 0 Å². The number of guanidine groups is 1. The Morgan fingerprint density at radius 1 is 1.18 bits per heavy atom. The van der Waals surface area contributed by atoms with Gasteiger partial charge in [0.25, 0.3) is 0 Å². The Bertz CT molecular complexity index is 783. The van der Waals surface area contributed by atoms with E-state index < -0.39 is 0 Å². The van der Waals surface area contributed by atoms with E-state index in [-0.39, 0.29) is 12.5 Å². The summed E-state index contributed by atoms with van der Waals surface area (Å²) < 4.78 is 0. The van der Waals surface area contributed by atoms with Gasteiger partial charge in [-0.25, -0.2) is 4.98 Å². The number of thiazole rings is 1. The van der Waals surface area contributed by atoms with Gasteiger partial charge >= 0.3 is 0 Å². The Labute approximate surface area is 170 Å². The summed E-state index contributed by atoms with van der Waals surface area (Å²) in [6.45, 7) is 6.24. The fourth-order valence-electron chi connectivity index (χ4n) is 3.15. The zero-order valence-corrected chi connectivity index (χ0v) is 17.3. The van der Waals surface area contributed by atoms with Crippen LogP contribution < -0.4 is 15.5 Å². The van der Waals surface area contributed by atoms with Crippen LogP contribution in [-0.2, 0) is 11.2 Å². The number of hydrogen-bond donors (Lipinski definition) is 2. The van der Waals surface area contributed by atoms with Crippen molar-refractivity contribution in [1.82, 2.24) is 20.5 Å². The van der Waals surface area contributed by atoms with Gasteiger partial charge in [-0.1, -0.05) is 18.2 Å². The number of carbonyl (C=O) groups excluding carboxylic acids is 1. The van der Waals surface area contributed by atoms with Gasteiger partial charge in [-0.15, -0.1) is 11.3 Å². The molecule has 2 aromatic rings. The van der Waals surface area contributed by atoms with Crippen molar-refractivity contribution < 1.29 is 4.79 Å². The molecule has 0 spiro atoms. The molecule has 28 heavy (non-hydrogen) atoms. The number of anilines is 1. The molecule has 1 fully saturated rings. The van der Waals surface area contributed by atoms with E-state index in [0.717, 1.165) is 44.2 Å². The van der Waals surface area contributed by atoms with Crippen LogP contribution in [0, 0.1) is 6.92 Å². The summed E-state index contributed by atoms with van der Waals surface area (Å²) >= 11 is 1.71. The molecule has 1 saturated heterocycles. The third kappa shape index (κ3) is 5.69. The van der Waals surface area contributed by atoms with Gasteiger partial charge in [0.15, 0.2) is 5.96 Å². The van der Waals surface area contributed by atoms with E-state index in [1.807, 2.05) is 29.3 Å². The van der Waals surface area contributed by atoms with Crippen molar-refractivity contribution in [3.63, 3.8) is 0 Å². The maximum absolute atomic E-state index is 12.5. The van der Waals surface area contributed by atoms with Crippen LogP contribution in [-0.4, -0.2) is 68.1 Å². The van der Waals surface area contributed by atoms with Crippen LogP contribution in [0.15, 0.2) is 41.5 Å². The zero-order valence-electron chi connectivity index (χ0n) is 16.5. The normalized spacial score (nSPS) is 14.9. The van der Waals surface area contributed by atoms with E-state index in [9.17, 15) is 4.79 Å². The van der Waals surface area contributed by atoms with Gasteiger partial charge in [-0.2, -0.15) is 0 Å². The number of piperazine rings is 1. The summed E-state index contributed by atoms with van der Waals surface area (Å²) in [7, 11) is 1.71. The Kier molecular flexibility index (Phi) is 7.25. The van der Waals surface area contributed by atoms with Crippen LogP contribution >= 0.6 is 11.3 Å². The lowest BCUT2D eigenvalue weighted by Crippen LogP contribution is -2.52. The van der Waals surface area contributed by atoms with Crippen molar-refractivity contribution in [3.8, 4) is 0 Å². The van der Waals surface area contributed by atoms with Crippen molar-refractivity contribution in [3.05, 3.63) is 46.4 Å². The number of rotatable bonds is 6. The number of aliphatic imine (C=N–C) groups is 1. The van der Waals surface area contributed by atoms with Crippen LogP contribution in [0.25, 0.3) is 0 Å². The van der Waals surface area contributed by atoms with Crippen molar-refractivity contribution >= 4 is 28.9 Å². The number of benzene rings is 1. The highest BCUT2D eigenvalue weighted by molar-refractivity contribution is 7.11. The first-order valence-corrected chi connectivity index (χ1v) is 10.4. The molecule has 0 bridgehead atoms. The molecule has 1 amide bonds. The molecular weight excluding hydrogens is 372 g/mol. The zero-order chi connectivity index (χ0) is 19.8. The molecule has 3 rings (SSSR count). The molecule has 1 aromatic heterocycles. The fourth-order valence-corrected chi connectivity index (χ4v) is 3.94. The molecule has 2 heterocycles. The van der Waals surface area contributed by atoms with Gasteiger partial charge in [0.1, 0.15) is 0 Å². The Morgan fingerprint density at radius 3 is 2.57 bits per heavy atom. The minimum atomic E-state index is 0.103. The quantitative estimate of drug-likeness (QED) is 0.568. The van der Waals surface area contributed by atoms with Crippen LogP contribution in [0.2, 0.25) is 0 Å². The molecular formula is C20H28N6OS. The molecule has 0 saturated carbocycles. The second kappa shape index (κ2) is 10.1. The molecule has 0 aliphatic carbocycles. The standard InChI is InChI=1S/C20H28N6OS/c1-16-14-23-18(28-16)8-9-22-20(21-2)24-15-19(27)26-12-10-25(11-13-26)17-6-4-3-5-7-17/h3-7,14H,8-13,15H2,1-2H3,(H2,21,22,24). The van der Waals surface area contributed by atoms with Gasteiger partial charge in [-0.05, 0) is 19.1 Å². The largest absolute Gasteiger partial charge is 0.368 e. The number of amides is 1. The first-order valence-electron chi connectivity index (χ1n) is 9.59. The van der Waals surface area contributed by atoms with E-state index in [1.54, 1.807) is 18.4 Å². The first kappa shape index (κ1) is 20.1. The second-order valence-electron chi connectivity index (χ2n) is 6.67. The molecule has 1 aromatic carbocycles. The maximum atomic E-state index is 12.5. The van der Waals surface area contributed by atoms with Crippen molar-refractivity contribution in [2.45, 2.75) is 13.3 Å². The summed E-state index contributed by atoms with van der Waals surface area (Å²) in [6, 6.07) is 10.3. The third-order valence-corrected chi connectivity index (χ3v) is 5.66. The molecule has 0 radical (unpaired) electrons. The highest BCUT2D eigenvalue weighted by Gasteiger charge is 2.21. The number of nitrogens with zero attached hydrogens (tertiary/aromatic N) is 4. The minimum Gasteiger partial charge on any atom is -0.368 e. The minimum absolute atomic E-state index is 0.103. The lowest BCUT2D eigenvalue weighted by Gasteiger charge is -2.36. The number of para-hydroxylation sites is 1. The lowest BCUT2D eigenvalue weighted by molar-refractivity contribution is -0.130. The smallest absolute Gasteiger partial charge is 0.242 e. The summed E-state index contributed by atoms with van der Waals surface area (Å²) in [5.41, 5.74) is 1.22. The Balaban J connectivity index is 1.37. The number of aryl methyl sites for hydroxylation is 1. The second-order valence-corrected chi connectivity index (χ2v) is 7.99. The predicted molar refractivity (Wildman–Crippen MR) is 115 cm³/mol. The molecule has 0 unspecified atom stereocenters. The SMILES string of the molecule is CN=C(NCCc1ncc(C)s1)NCC(=O)N1CCN(c2ccccc2)CC1. The summed E-state index contributed by atoms with van der Waals surface area (Å²) in [4.78, 5) is 26.5. The maximum Gasteiger partial charge on any atom is 0.242 e. The topological polar surface area (TPSA) is 72.9 Å². The van der Waals surface area contributed by atoms with Gasteiger partial charge in [0.05, 0.1) is 11.6 Å². The monoisotopic (exact) mass is 400 g/mol.